The lowest BCUT2D eigenvalue weighted by atomic mass is 10.4. The maximum Gasteiger partial charge on any atom is 0.287 e. The molecule has 0 spiro atoms. The van der Waals surface area contributed by atoms with Gasteiger partial charge in [0.15, 0.2) is 0 Å². The minimum absolute atomic E-state index is 0.330. The van der Waals surface area contributed by atoms with Crippen molar-refractivity contribution in [3.8, 4) is 0 Å². The maximum absolute atomic E-state index is 12.5. The van der Waals surface area contributed by atoms with Crippen molar-refractivity contribution in [3.63, 3.8) is 0 Å². The van der Waals surface area contributed by atoms with E-state index in [4.69, 9.17) is 0 Å². The Labute approximate surface area is 73.3 Å². The summed E-state index contributed by atoms with van der Waals surface area (Å²) in [6.45, 7) is 0. The van der Waals surface area contributed by atoms with E-state index < -0.39 is 5.82 Å². The highest BCUT2D eigenvalue weighted by Crippen LogP contribution is 2.14. The molecule has 0 N–H and O–H groups in total. The van der Waals surface area contributed by atoms with Crippen molar-refractivity contribution in [2.24, 2.45) is 0 Å². The van der Waals surface area contributed by atoms with Crippen LogP contribution >= 0.6 is 11.3 Å². The largest absolute Gasteiger partial charge is 0.287 e. The third-order valence-corrected chi connectivity index (χ3v) is 2.23. The Bertz CT molecular complexity index is 287. The first-order valence-corrected chi connectivity index (χ1v) is 4.09. The van der Waals surface area contributed by atoms with E-state index in [0.717, 1.165) is 16.4 Å². The van der Waals surface area contributed by atoms with Gasteiger partial charge in [-0.1, -0.05) is 0 Å². The summed E-state index contributed by atoms with van der Waals surface area (Å²) in [5.41, 5.74) is 0. The SMILES string of the molecule is CON(C)C(=O)c1cc(F)cs1. The monoisotopic (exact) mass is 189 g/mol. The average Bonchev–Trinajstić information content (AvgIpc) is 2.49. The van der Waals surface area contributed by atoms with Crippen molar-refractivity contribution >= 4 is 17.2 Å². The molecule has 1 heterocycles. The van der Waals surface area contributed by atoms with Crippen molar-refractivity contribution < 1.29 is 14.0 Å². The fraction of sp³-hybridized carbons (Fsp3) is 0.286. The Morgan fingerprint density at radius 2 is 2.42 bits per heavy atom. The number of hydrogen-bond acceptors (Lipinski definition) is 3. The lowest BCUT2D eigenvalue weighted by molar-refractivity contribution is -0.0753. The van der Waals surface area contributed by atoms with Gasteiger partial charge in [-0.25, -0.2) is 9.45 Å². The van der Waals surface area contributed by atoms with Crippen LogP contribution in [0.2, 0.25) is 0 Å². The predicted molar refractivity (Wildman–Crippen MR) is 43.4 cm³/mol. The summed E-state index contributed by atoms with van der Waals surface area (Å²) >= 11 is 1.06. The third kappa shape index (κ3) is 1.80. The van der Waals surface area contributed by atoms with Gasteiger partial charge in [0.2, 0.25) is 0 Å². The number of hydroxylamine groups is 2. The summed E-state index contributed by atoms with van der Waals surface area (Å²) in [5.74, 6) is -0.737. The first-order valence-electron chi connectivity index (χ1n) is 3.21. The number of amides is 1. The molecule has 1 amide bonds. The molecule has 0 radical (unpaired) electrons. The molecule has 1 rings (SSSR count). The normalized spacial score (nSPS) is 9.92. The fourth-order valence-corrected chi connectivity index (χ4v) is 1.38. The number of thiophene rings is 1. The highest BCUT2D eigenvalue weighted by Gasteiger charge is 2.13. The van der Waals surface area contributed by atoms with Crippen LogP contribution in [0, 0.1) is 5.82 Å². The van der Waals surface area contributed by atoms with Gasteiger partial charge in [-0.2, -0.15) is 0 Å². The van der Waals surface area contributed by atoms with Crippen LogP contribution in [0.5, 0.6) is 0 Å². The fourth-order valence-electron chi connectivity index (χ4n) is 0.663. The number of carbonyl (C=O) groups is 1. The third-order valence-electron chi connectivity index (χ3n) is 1.34. The van der Waals surface area contributed by atoms with Gasteiger partial charge in [0.05, 0.1) is 12.0 Å². The molecule has 0 saturated heterocycles. The van der Waals surface area contributed by atoms with E-state index in [-0.39, 0.29) is 5.91 Å². The summed E-state index contributed by atoms with van der Waals surface area (Å²) < 4.78 is 12.5. The van der Waals surface area contributed by atoms with Gasteiger partial charge in [-0.05, 0) is 6.07 Å². The molecule has 0 atom stereocenters. The van der Waals surface area contributed by atoms with E-state index >= 15 is 0 Å². The van der Waals surface area contributed by atoms with E-state index in [1.165, 1.54) is 25.6 Å². The molecule has 1 aromatic heterocycles. The second-order valence-corrected chi connectivity index (χ2v) is 3.03. The molecular formula is C7H8FNO2S. The van der Waals surface area contributed by atoms with Crippen LogP contribution in [0.1, 0.15) is 9.67 Å². The highest BCUT2D eigenvalue weighted by atomic mass is 32.1. The number of carbonyl (C=O) groups excluding carboxylic acids is 1. The van der Waals surface area contributed by atoms with Crippen LogP contribution in [0.3, 0.4) is 0 Å². The predicted octanol–water partition coefficient (Wildman–Crippen LogP) is 1.52. The summed E-state index contributed by atoms with van der Waals surface area (Å²) in [5, 5.41) is 2.32. The second-order valence-electron chi connectivity index (χ2n) is 2.11. The van der Waals surface area contributed by atoms with Crippen molar-refractivity contribution in [2.75, 3.05) is 14.2 Å². The molecule has 3 nitrogen and oxygen atoms in total. The molecule has 0 aliphatic rings. The van der Waals surface area contributed by atoms with E-state index in [1.807, 2.05) is 0 Å². The van der Waals surface area contributed by atoms with Crippen molar-refractivity contribution in [1.29, 1.82) is 0 Å². The molecule has 0 unspecified atom stereocenters. The lowest BCUT2D eigenvalue weighted by Gasteiger charge is -2.11. The van der Waals surface area contributed by atoms with E-state index in [1.54, 1.807) is 0 Å². The van der Waals surface area contributed by atoms with E-state index in [2.05, 4.69) is 4.84 Å². The van der Waals surface area contributed by atoms with Crippen LogP contribution < -0.4 is 0 Å². The van der Waals surface area contributed by atoms with E-state index in [0.29, 0.717) is 4.88 Å². The van der Waals surface area contributed by atoms with Gasteiger partial charge in [0.1, 0.15) is 5.82 Å². The first kappa shape index (κ1) is 9.15. The van der Waals surface area contributed by atoms with Gasteiger partial charge in [0.25, 0.3) is 5.91 Å². The number of hydrogen-bond donors (Lipinski definition) is 0. The van der Waals surface area contributed by atoms with Crippen LogP contribution in [0.25, 0.3) is 0 Å². The summed E-state index contributed by atoms with van der Waals surface area (Å²) in [4.78, 5) is 16.2. The van der Waals surface area contributed by atoms with Crippen LogP contribution in [0.15, 0.2) is 11.4 Å². The van der Waals surface area contributed by atoms with E-state index in [9.17, 15) is 9.18 Å². The molecule has 0 aromatic carbocycles. The zero-order chi connectivity index (χ0) is 9.14. The average molecular weight is 189 g/mol. The Hall–Kier alpha value is -0.940. The van der Waals surface area contributed by atoms with Crippen LogP contribution in [-0.4, -0.2) is 25.1 Å². The molecular weight excluding hydrogens is 181 g/mol. The van der Waals surface area contributed by atoms with Crippen molar-refractivity contribution in [1.82, 2.24) is 5.06 Å². The molecule has 0 bridgehead atoms. The standard InChI is InChI=1S/C7H8FNO2S/c1-9(11-2)7(10)6-3-5(8)4-12-6/h3-4H,1-2H3. The lowest BCUT2D eigenvalue weighted by Crippen LogP contribution is -2.24. The quantitative estimate of drug-likeness (QED) is 0.660. The molecule has 0 aliphatic carbocycles. The molecule has 0 fully saturated rings. The van der Waals surface area contributed by atoms with Gasteiger partial charge < -0.3 is 0 Å². The Balaban J connectivity index is 2.78. The Morgan fingerprint density at radius 1 is 1.75 bits per heavy atom. The van der Waals surface area contributed by atoms with Gasteiger partial charge in [0, 0.05) is 12.4 Å². The molecule has 0 saturated carbocycles. The molecule has 5 heteroatoms. The number of nitrogens with zero attached hydrogens (tertiary/aromatic N) is 1. The Morgan fingerprint density at radius 3 is 2.83 bits per heavy atom. The second kappa shape index (κ2) is 3.64. The van der Waals surface area contributed by atoms with Gasteiger partial charge in [-0.15, -0.1) is 11.3 Å². The number of rotatable bonds is 2. The van der Waals surface area contributed by atoms with Crippen molar-refractivity contribution in [2.45, 2.75) is 0 Å². The van der Waals surface area contributed by atoms with Crippen molar-refractivity contribution in [3.05, 3.63) is 22.1 Å². The Kier molecular flexibility index (Phi) is 2.78. The molecule has 12 heavy (non-hydrogen) atoms. The highest BCUT2D eigenvalue weighted by molar-refractivity contribution is 7.12. The molecule has 66 valence electrons. The smallest absolute Gasteiger partial charge is 0.274 e. The van der Waals surface area contributed by atoms with Crippen LogP contribution in [-0.2, 0) is 4.84 Å². The number of halogens is 1. The minimum atomic E-state index is -0.396. The van der Waals surface area contributed by atoms with Gasteiger partial charge >= 0.3 is 0 Å². The first-order chi connectivity index (χ1) is 5.65. The summed E-state index contributed by atoms with van der Waals surface area (Å²) in [6, 6.07) is 1.18. The topological polar surface area (TPSA) is 29.5 Å². The zero-order valence-corrected chi connectivity index (χ0v) is 7.52. The zero-order valence-electron chi connectivity index (χ0n) is 6.70. The molecule has 0 aliphatic heterocycles. The van der Waals surface area contributed by atoms with Gasteiger partial charge in [-0.3, -0.25) is 9.63 Å². The maximum atomic E-state index is 12.5. The van der Waals surface area contributed by atoms with Crippen LogP contribution in [0.4, 0.5) is 4.39 Å². The summed E-state index contributed by atoms with van der Waals surface area (Å²) in [7, 11) is 2.85. The minimum Gasteiger partial charge on any atom is -0.274 e. The molecule has 1 aromatic rings. The summed E-state index contributed by atoms with van der Waals surface area (Å²) in [6.07, 6.45) is 0.